The Morgan fingerprint density at radius 3 is 2.87 bits per heavy atom. The van der Waals surface area contributed by atoms with Gasteiger partial charge in [-0.3, -0.25) is 0 Å². The number of aliphatic hydroxyl groups excluding tert-OH is 1. The number of aliphatic hydroxyl groups is 1. The molecular weight excluding hydrogens is 288 g/mol. The molecule has 2 rings (SSSR count). The van der Waals surface area contributed by atoms with Gasteiger partial charge in [0.2, 0.25) is 6.29 Å². The summed E-state index contributed by atoms with van der Waals surface area (Å²) in [5.74, 6) is 0.190. The van der Waals surface area contributed by atoms with E-state index in [1.165, 1.54) is 11.1 Å². The predicted molar refractivity (Wildman–Crippen MR) is 92.6 cm³/mol. The van der Waals surface area contributed by atoms with E-state index < -0.39 is 6.29 Å². The number of allylic oxidation sites excluding steroid dienone is 5. The Kier molecular flexibility index (Phi) is 6.23. The Labute approximate surface area is 140 Å². The van der Waals surface area contributed by atoms with Gasteiger partial charge in [0.15, 0.2) is 0 Å². The third-order valence-electron chi connectivity index (χ3n) is 5.15. The molecule has 1 heterocycles. The lowest BCUT2D eigenvalue weighted by Gasteiger charge is -2.30. The summed E-state index contributed by atoms with van der Waals surface area (Å²) in [4.78, 5) is 12.1. The van der Waals surface area contributed by atoms with Crippen LogP contribution in [0.1, 0.15) is 59.8 Å². The van der Waals surface area contributed by atoms with E-state index in [9.17, 15) is 9.90 Å². The largest absolute Gasteiger partial charge is 0.432 e. The minimum Gasteiger partial charge on any atom is -0.432 e. The van der Waals surface area contributed by atoms with Gasteiger partial charge in [-0.1, -0.05) is 36.3 Å². The first-order valence-electron chi connectivity index (χ1n) is 8.80. The Hall–Kier alpha value is -1.35. The van der Waals surface area contributed by atoms with Crippen LogP contribution in [0.25, 0.3) is 0 Å². The number of hydrogen-bond donors (Lipinski definition) is 1. The second-order valence-electron chi connectivity index (χ2n) is 7.35. The second-order valence-corrected chi connectivity index (χ2v) is 7.35. The molecule has 4 atom stereocenters. The van der Waals surface area contributed by atoms with Crippen molar-refractivity contribution in [3.63, 3.8) is 0 Å². The molecule has 128 valence electrons. The van der Waals surface area contributed by atoms with Crippen LogP contribution < -0.4 is 0 Å². The molecule has 0 spiro atoms. The Morgan fingerprint density at radius 1 is 1.43 bits per heavy atom. The normalized spacial score (nSPS) is 33.8. The van der Waals surface area contributed by atoms with Crippen LogP contribution in [0, 0.1) is 17.8 Å². The molecule has 1 saturated heterocycles. The van der Waals surface area contributed by atoms with E-state index in [1.54, 1.807) is 0 Å². The van der Waals surface area contributed by atoms with Crippen molar-refractivity contribution >= 4 is 5.97 Å². The first-order valence-corrected chi connectivity index (χ1v) is 8.80. The predicted octanol–water partition coefficient (Wildman–Crippen LogP) is 4.53. The molecule has 1 fully saturated rings. The zero-order valence-electron chi connectivity index (χ0n) is 14.8. The lowest BCUT2D eigenvalue weighted by atomic mass is 9.74. The smallest absolute Gasteiger partial charge is 0.336 e. The molecule has 23 heavy (non-hydrogen) atoms. The van der Waals surface area contributed by atoms with Gasteiger partial charge in [-0.15, -0.1) is 0 Å². The van der Waals surface area contributed by atoms with Gasteiger partial charge >= 0.3 is 5.97 Å². The quantitative estimate of drug-likeness (QED) is 0.612. The highest BCUT2D eigenvalue weighted by molar-refractivity contribution is 5.91. The van der Waals surface area contributed by atoms with Crippen molar-refractivity contribution in [2.75, 3.05) is 0 Å². The van der Waals surface area contributed by atoms with Gasteiger partial charge in [0.25, 0.3) is 0 Å². The van der Waals surface area contributed by atoms with E-state index in [-0.39, 0.29) is 17.8 Å². The van der Waals surface area contributed by atoms with Crippen LogP contribution in [0.5, 0.6) is 0 Å². The van der Waals surface area contributed by atoms with E-state index in [1.807, 2.05) is 12.2 Å². The summed E-state index contributed by atoms with van der Waals surface area (Å²) in [5, 5.41) is 10.3. The van der Waals surface area contributed by atoms with Crippen molar-refractivity contribution in [1.82, 2.24) is 0 Å². The SMILES string of the molecule is CC(C)=CCCC(C)[C@@H]1CCC/C(C)=C/C=C2/C(=O)OC(O)[C@H]21. The standard InChI is InChI=1S/C20H30O3/c1-13(2)7-5-9-15(4)16-10-6-8-14(3)11-12-17-18(16)20(22)23-19(17)21/h7,11-12,15-16,18,20,22H,5-6,8-10H2,1-4H3/b14-11+,17-12+/t15?,16-,18-,20?/m0/s1. The zero-order valence-corrected chi connectivity index (χ0v) is 14.8. The maximum Gasteiger partial charge on any atom is 0.336 e. The van der Waals surface area contributed by atoms with Crippen molar-refractivity contribution in [3.8, 4) is 0 Å². The summed E-state index contributed by atoms with van der Waals surface area (Å²) in [5.41, 5.74) is 3.27. The fourth-order valence-electron chi connectivity index (χ4n) is 3.76. The molecule has 3 heteroatoms. The molecule has 2 unspecified atom stereocenters. The first-order chi connectivity index (χ1) is 10.9. The van der Waals surface area contributed by atoms with E-state index >= 15 is 0 Å². The molecule has 0 aromatic heterocycles. The maximum atomic E-state index is 12.1. The molecule has 0 aromatic carbocycles. The van der Waals surface area contributed by atoms with Gasteiger partial charge in [0.1, 0.15) is 0 Å². The van der Waals surface area contributed by atoms with Crippen molar-refractivity contribution in [3.05, 3.63) is 34.9 Å². The number of ether oxygens (including phenoxy) is 1. The highest BCUT2D eigenvalue weighted by Crippen LogP contribution is 2.41. The molecular formula is C20H30O3. The summed E-state index contributed by atoms with van der Waals surface area (Å²) < 4.78 is 5.13. The second kappa shape index (κ2) is 7.96. The van der Waals surface area contributed by atoms with E-state index in [4.69, 9.17) is 4.74 Å². The van der Waals surface area contributed by atoms with Crippen molar-refractivity contribution in [2.45, 2.75) is 66.1 Å². The van der Waals surface area contributed by atoms with Crippen LogP contribution in [0.3, 0.4) is 0 Å². The fourth-order valence-corrected chi connectivity index (χ4v) is 3.76. The molecule has 1 N–H and O–H groups in total. The number of cyclic esters (lactones) is 1. The van der Waals surface area contributed by atoms with Gasteiger partial charge in [0, 0.05) is 5.57 Å². The van der Waals surface area contributed by atoms with E-state index in [0.717, 1.165) is 32.1 Å². The average Bonchev–Trinajstić information content (AvgIpc) is 2.78. The summed E-state index contributed by atoms with van der Waals surface area (Å²) in [6.07, 6.45) is 10.5. The van der Waals surface area contributed by atoms with Gasteiger partial charge in [-0.2, -0.15) is 0 Å². The van der Waals surface area contributed by atoms with Crippen molar-refractivity contribution < 1.29 is 14.6 Å². The minimum atomic E-state index is -0.989. The number of carbonyl (C=O) groups excluding carboxylic acids is 1. The third-order valence-corrected chi connectivity index (χ3v) is 5.15. The Bertz CT molecular complexity index is 523. The fraction of sp³-hybridized carbons (Fsp3) is 0.650. The van der Waals surface area contributed by atoms with E-state index in [0.29, 0.717) is 11.5 Å². The lowest BCUT2D eigenvalue weighted by Crippen LogP contribution is -2.29. The molecule has 1 aliphatic heterocycles. The van der Waals surface area contributed by atoms with Crippen LogP contribution >= 0.6 is 0 Å². The molecule has 0 saturated carbocycles. The first kappa shape index (κ1) is 18.0. The molecule has 1 aliphatic carbocycles. The topological polar surface area (TPSA) is 46.5 Å². The van der Waals surface area contributed by atoms with Crippen LogP contribution in [-0.2, 0) is 9.53 Å². The van der Waals surface area contributed by atoms with Crippen LogP contribution in [0.2, 0.25) is 0 Å². The minimum absolute atomic E-state index is 0.189. The van der Waals surface area contributed by atoms with Gasteiger partial charge in [-0.05, 0) is 64.7 Å². The lowest BCUT2D eigenvalue weighted by molar-refractivity contribution is -0.157. The van der Waals surface area contributed by atoms with Gasteiger partial charge < -0.3 is 9.84 Å². The Balaban J connectivity index is 2.20. The van der Waals surface area contributed by atoms with Crippen LogP contribution in [0.4, 0.5) is 0 Å². The molecule has 0 amide bonds. The summed E-state index contributed by atoms with van der Waals surface area (Å²) in [7, 11) is 0. The summed E-state index contributed by atoms with van der Waals surface area (Å²) in [6, 6.07) is 0. The van der Waals surface area contributed by atoms with Crippen molar-refractivity contribution in [1.29, 1.82) is 0 Å². The zero-order chi connectivity index (χ0) is 17.0. The number of rotatable bonds is 4. The molecule has 0 aromatic rings. The maximum absolute atomic E-state index is 12.1. The summed E-state index contributed by atoms with van der Waals surface area (Å²) >= 11 is 0. The average molecular weight is 318 g/mol. The molecule has 0 bridgehead atoms. The number of fused-ring (bicyclic) bond motifs is 1. The number of esters is 1. The van der Waals surface area contributed by atoms with Gasteiger partial charge in [0.05, 0.1) is 5.92 Å². The van der Waals surface area contributed by atoms with Gasteiger partial charge in [-0.25, -0.2) is 4.79 Å². The number of hydrogen-bond acceptors (Lipinski definition) is 3. The monoisotopic (exact) mass is 318 g/mol. The highest BCUT2D eigenvalue weighted by atomic mass is 16.6. The third kappa shape index (κ3) is 4.57. The summed E-state index contributed by atoms with van der Waals surface area (Å²) in [6.45, 7) is 8.58. The molecule has 3 nitrogen and oxygen atoms in total. The van der Waals surface area contributed by atoms with Crippen molar-refractivity contribution in [2.24, 2.45) is 17.8 Å². The number of carbonyl (C=O) groups is 1. The van der Waals surface area contributed by atoms with Crippen LogP contribution in [0.15, 0.2) is 34.9 Å². The molecule has 2 aliphatic rings. The highest BCUT2D eigenvalue weighted by Gasteiger charge is 2.44. The van der Waals surface area contributed by atoms with E-state index in [2.05, 4.69) is 33.8 Å². The Morgan fingerprint density at radius 2 is 2.17 bits per heavy atom. The molecule has 0 radical (unpaired) electrons. The van der Waals surface area contributed by atoms with Crippen LogP contribution in [-0.4, -0.2) is 17.4 Å².